The number of nitrogens with zero attached hydrogens (tertiary/aromatic N) is 2. The first-order chi connectivity index (χ1) is 18.7. The van der Waals surface area contributed by atoms with E-state index in [0.29, 0.717) is 19.4 Å². The first-order valence-electron chi connectivity index (χ1n) is 13.5. The molecule has 0 bridgehead atoms. The van der Waals surface area contributed by atoms with E-state index in [4.69, 9.17) is 9.47 Å². The Morgan fingerprint density at radius 1 is 1.10 bits per heavy atom. The lowest BCUT2D eigenvalue weighted by atomic mass is 9.85. The van der Waals surface area contributed by atoms with Gasteiger partial charge in [0.15, 0.2) is 5.69 Å². The molecule has 1 aromatic carbocycles. The first kappa shape index (κ1) is 31.1. The Labute approximate surface area is 239 Å². The largest absolute Gasteiger partial charge is 0.461 e. The Bertz CT molecular complexity index is 1210. The topological polar surface area (TPSA) is 127 Å². The molecule has 0 aliphatic carbocycles. The van der Waals surface area contributed by atoms with Gasteiger partial charge in [0.25, 0.3) is 0 Å². The normalized spacial score (nSPS) is 16.3. The molecular weight excluding hydrogens is 532 g/mol. The van der Waals surface area contributed by atoms with Crippen LogP contribution in [0.4, 0.5) is 4.79 Å². The lowest BCUT2D eigenvalue weighted by Gasteiger charge is -2.35. The van der Waals surface area contributed by atoms with Crippen LogP contribution in [0.5, 0.6) is 0 Å². The van der Waals surface area contributed by atoms with Crippen LogP contribution in [0, 0.1) is 5.41 Å². The van der Waals surface area contributed by atoms with E-state index in [-0.39, 0.29) is 30.7 Å². The number of alkyl carbamates (subject to hydrolysis) is 1. The van der Waals surface area contributed by atoms with Gasteiger partial charge in [0, 0.05) is 13.1 Å². The molecule has 2 aromatic rings. The van der Waals surface area contributed by atoms with E-state index >= 15 is 0 Å². The van der Waals surface area contributed by atoms with E-state index < -0.39 is 35.2 Å². The summed E-state index contributed by atoms with van der Waals surface area (Å²) in [5, 5.41) is 5.67. The van der Waals surface area contributed by atoms with Gasteiger partial charge in [-0.15, -0.1) is 11.3 Å². The molecule has 0 saturated carbocycles. The minimum absolute atomic E-state index is 0.244. The SMILES string of the molecule is CCOC(=O)c1ncsc1-c1ccc(CNC(=O)[C@@H]2CCCN2C(=O)C(NC(=O)OC(C)(C)C)C(C)(C)C)cc1. The lowest BCUT2D eigenvalue weighted by molar-refractivity contribution is -0.142. The number of benzene rings is 1. The number of hydrogen-bond donors (Lipinski definition) is 2. The minimum Gasteiger partial charge on any atom is -0.461 e. The second kappa shape index (κ2) is 12.8. The zero-order chi connectivity index (χ0) is 29.7. The third-order valence-corrected chi connectivity index (χ3v) is 7.21. The van der Waals surface area contributed by atoms with Crippen molar-refractivity contribution >= 4 is 35.2 Å². The number of likely N-dealkylation sites (tertiary alicyclic amines) is 1. The quantitative estimate of drug-likeness (QED) is 0.445. The van der Waals surface area contributed by atoms with E-state index in [0.717, 1.165) is 16.0 Å². The molecule has 1 saturated heterocycles. The molecule has 1 aromatic heterocycles. The van der Waals surface area contributed by atoms with E-state index in [1.54, 1.807) is 38.1 Å². The molecule has 218 valence electrons. The molecule has 1 aliphatic heterocycles. The molecule has 3 amide bonds. The summed E-state index contributed by atoms with van der Waals surface area (Å²) in [7, 11) is 0. The van der Waals surface area contributed by atoms with Gasteiger partial charge >= 0.3 is 12.1 Å². The van der Waals surface area contributed by atoms with Gasteiger partial charge in [-0.1, -0.05) is 45.0 Å². The monoisotopic (exact) mass is 572 g/mol. The summed E-state index contributed by atoms with van der Waals surface area (Å²) in [6.07, 6.45) is 0.568. The van der Waals surface area contributed by atoms with Crippen molar-refractivity contribution in [1.29, 1.82) is 0 Å². The number of rotatable bonds is 8. The number of nitrogens with one attached hydrogen (secondary N) is 2. The average Bonchev–Trinajstić information content (AvgIpc) is 3.54. The van der Waals surface area contributed by atoms with Gasteiger partial charge in [0.1, 0.15) is 17.7 Å². The van der Waals surface area contributed by atoms with E-state index in [2.05, 4.69) is 15.6 Å². The van der Waals surface area contributed by atoms with Gasteiger partial charge in [-0.05, 0) is 57.1 Å². The summed E-state index contributed by atoms with van der Waals surface area (Å²) in [4.78, 5) is 57.8. The highest BCUT2D eigenvalue weighted by Crippen LogP contribution is 2.29. The molecule has 1 unspecified atom stereocenters. The van der Waals surface area contributed by atoms with Crippen LogP contribution in [0.3, 0.4) is 0 Å². The maximum Gasteiger partial charge on any atom is 0.408 e. The molecule has 3 rings (SSSR count). The Balaban J connectivity index is 1.64. The number of carbonyl (C=O) groups excluding carboxylic acids is 4. The van der Waals surface area contributed by atoms with E-state index in [1.807, 2.05) is 45.0 Å². The standard InChI is InChI=1S/C29H40N4O6S/c1-8-38-26(36)21-22(40-17-31-21)19-13-11-18(12-14-19)16-30-24(34)20-10-9-15-33(20)25(35)23(28(2,3)4)32-27(37)39-29(5,6)7/h11-14,17,20,23H,8-10,15-16H2,1-7H3,(H,30,34)(H,32,37)/t20-,23?/m0/s1. The molecule has 40 heavy (non-hydrogen) atoms. The molecule has 2 N–H and O–H groups in total. The number of thiazole rings is 1. The molecule has 2 atom stereocenters. The number of amides is 3. The van der Waals surface area contributed by atoms with Gasteiger partial charge in [-0.25, -0.2) is 14.6 Å². The van der Waals surface area contributed by atoms with E-state index in [1.165, 1.54) is 11.3 Å². The summed E-state index contributed by atoms with van der Waals surface area (Å²) >= 11 is 1.36. The van der Waals surface area contributed by atoms with Crippen LogP contribution in [0.1, 0.15) is 77.4 Å². The third-order valence-electron chi connectivity index (χ3n) is 6.33. The maximum absolute atomic E-state index is 13.6. The summed E-state index contributed by atoms with van der Waals surface area (Å²) in [5.41, 5.74) is 2.30. The highest BCUT2D eigenvalue weighted by atomic mass is 32.1. The number of carbonyl (C=O) groups is 4. The Morgan fingerprint density at radius 2 is 1.77 bits per heavy atom. The molecule has 1 fully saturated rings. The number of esters is 1. The third kappa shape index (κ3) is 8.03. The molecule has 10 nitrogen and oxygen atoms in total. The predicted octanol–water partition coefficient (Wildman–Crippen LogP) is 4.53. The first-order valence-corrected chi connectivity index (χ1v) is 14.4. The smallest absolute Gasteiger partial charge is 0.408 e. The maximum atomic E-state index is 13.6. The second-order valence-electron chi connectivity index (χ2n) is 11.8. The zero-order valence-corrected chi connectivity index (χ0v) is 25.1. The Hall–Kier alpha value is -3.47. The Morgan fingerprint density at radius 3 is 2.38 bits per heavy atom. The Kier molecular flexibility index (Phi) is 9.94. The van der Waals surface area contributed by atoms with Gasteiger partial charge in [-0.3, -0.25) is 9.59 Å². The van der Waals surface area contributed by atoms with Crippen molar-refractivity contribution in [3.63, 3.8) is 0 Å². The van der Waals surface area contributed by atoms with Crippen LogP contribution in [0.25, 0.3) is 10.4 Å². The summed E-state index contributed by atoms with van der Waals surface area (Å²) in [6, 6.07) is 6.03. The van der Waals surface area contributed by atoms with Crippen LogP contribution in [0.15, 0.2) is 29.8 Å². The van der Waals surface area contributed by atoms with Crippen LogP contribution in [-0.4, -0.2) is 64.6 Å². The number of aromatic nitrogens is 1. The van der Waals surface area contributed by atoms with Crippen molar-refractivity contribution in [2.45, 2.75) is 85.5 Å². The van der Waals surface area contributed by atoms with Crippen molar-refractivity contribution in [3.8, 4) is 10.4 Å². The predicted molar refractivity (Wildman–Crippen MR) is 153 cm³/mol. The summed E-state index contributed by atoms with van der Waals surface area (Å²) in [5.74, 6) is -1.00. The lowest BCUT2D eigenvalue weighted by Crippen LogP contribution is -2.58. The highest BCUT2D eigenvalue weighted by molar-refractivity contribution is 7.13. The summed E-state index contributed by atoms with van der Waals surface area (Å²) < 4.78 is 10.5. The molecule has 2 heterocycles. The molecule has 11 heteroatoms. The van der Waals surface area contributed by atoms with Crippen LogP contribution >= 0.6 is 11.3 Å². The van der Waals surface area contributed by atoms with Crippen LogP contribution in [-0.2, 0) is 25.6 Å². The van der Waals surface area contributed by atoms with Gasteiger partial charge < -0.3 is 25.0 Å². The zero-order valence-electron chi connectivity index (χ0n) is 24.3. The molecule has 0 radical (unpaired) electrons. The molecule has 0 spiro atoms. The van der Waals surface area contributed by atoms with Crippen LogP contribution < -0.4 is 10.6 Å². The minimum atomic E-state index is -0.852. The van der Waals surface area contributed by atoms with Gasteiger partial charge in [0.2, 0.25) is 11.8 Å². The van der Waals surface area contributed by atoms with Crippen molar-refractivity contribution < 1.29 is 28.7 Å². The molecular formula is C29H40N4O6S. The highest BCUT2D eigenvalue weighted by Gasteiger charge is 2.42. The fourth-order valence-corrected chi connectivity index (χ4v) is 5.20. The van der Waals surface area contributed by atoms with Crippen LogP contribution in [0.2, 0.25) is 0 Å². The molecule has 1 aliphatic rings. The second-order valence-corrected chi connectivity index (χ2v) is 12.7. The van der Waals surface area contributed by atoms with Crippen molar-refractivity contribution in [2.24, 2.45) is 5.41 Å². The number of hydrogen-bond acceptors (Lipinski definition) is 8. The fourth-order valence-electron chi connectivity index (χ4n) is 4.42. The fraction of sp³-hybridized carbons (Fsp3) is 0.552. The van der Waals surface area contributed by atoms with Crippen molar-refractivity contribution in [3.05, 3.63) is 41.0 Å². The van der Waals surface area contributed by atoms with Crippen molar-refractivity contribution in [2.75, 3.05) is 13.2 Å². The van der Waals surface area contributed by atoms with Gasteiger partial charge in [0.05, 0.1) is 17.0 Å². The average molecular weight is 573 g/mol. The summed E-state index contributed by atoms with van der Waals surface area (Å²) in [6.45, 7) is 13.6. The van der Waals surface area contributed by atoms with E-state index in [9.17, 15) is 19.2 Å². The number of ether oxygens (including phenoxy) is 2. The van der Waals surface area contributed by atoms with Gasteiger partial charge in [-0.2, -0.15) is 0 Å². The van der Waals surface area contributed by atoms with Crippen molar-refractivity contribution in [1.82, 2.24) is 20.5 Å².